The Kier molecular flexibility index (Phi) is 7.96. The van der Waals surface area contributed by atoms with Crippen LogP contribution in [0.25, 0.3) is 34.4 Å². The van der Waals surface area contributed by atoms with Crippen LogP contribution < -0.4 is 0 Å². The Morgan fingerprint density at radius 2 is 0.548 bits per heavy atom. The molecule has 0 radical (unpaired) electrons. The van der Waals surface area contributed by atoms with E-state index >= 15 is 0 Å². The maximum absolute atomic E-state index is 13.2. The molecule has 0 aromatic heterocycles. The zero-order valence-corrected chi connectivity index (χ0v) is 20.8. The summed E-state index contributed by atoms with van der Waals surface area (Å²) in [6, 6.07) is 13.7. The molecular weight excluding hydrogens is 588 g/mol. The van der Waals surface area contributed by atoms with Crippen LogP contribution in [0.2, 0.25) is 0 Å². The molecule has 0 spiro atoms. The van der Waals surface area contributed by atoms with Gasteiger partial charge in [0.25, 0.3) is 0 Å². The summed E-state index contributed by atoms with van der Waals surface area (Å²) >= 11 is 0. The lowest BCUT2D eigenvalue weighted by atomic mass is 9.97. The van der Waals surface area contributed by atoms with Crippen molar-refractivity contribution in [1.29, 1.82) is 0 Å². The third-order valence-electron chi connectivity index (χ3n) is 6.13. The lowest BCUT2D eigenvalue weighted by Gasteiger charge is -2.14. The van der Waals surface area contributed by atoms with Crippen molar-refractivity contribution in [1.82, 2.24) is 0 Å². The first-order valence-corrected chi connectivity index (χ1v) is 11.8. The lowest BCUT2D eigenvalue weighted by molar-refractivity contribution is -0.144. The fraction of sp³-hybridized carbons (Fsp3) is 0.133. The minimum absolute atomic E-state index is 0.0359. The molecule has 0 nitrogen and oxygen atoms in total. The second-order valence-corrected chi connectivity index (χ2v) is 9.17. The van der Waals surface area contributed by atoms with Crippen molar-refractivity contribution in [3.05, 3.63) is 118 Å². The molecule has 0 aliphatic carbocycles. The van der Waals surface area contributed by atoms with Crippen molar-refractivity contribution in [2.75, 3.05) is 0 Å². The highest BCUT2D eigenvalue weighted by atomic mass is 19.4. The van der Waals surface area contributed by atoms with E-state index in [-0.39, 0.29) is 34.4 Å². The molecule has 0 N–H and O–H groups in total. The van der Waals surface area contributed by atoms with Crippen molar-refractivity contribution in [3.63, 3.8) is 0 Å². The fourth-order valence-electron chi connectivity index (χ4n) is 4.01. The van der Waals surface area contributed by atoms with Gasteiger partial charge in [-0.25, -0.2) is 0 Å². The predicted octanol–water partition coefficient (Wildman–Crippen LogP) is 11.3. The molecule has 0 saturated carbocycles. The van der Waals surface area contributed by atoms with Gasteiger partial charge in [0, 0.05) is 0 Å². The van der Waals surface area contributed by atoms with E-state index in [0.29, 0.717) is 35.4 Å². The number of alkyl halides is 12. The predicted molar refractivity (Wildman–Crippen MR) is 133 cm³/mol. The second kappa shape index (κ2) is 10.9. The van der Waals surface area contributed by atoms with Crippen molar-refractivity contribution < 1.29 is 52.7 Å². The van der Waals surface area contributed by atoms with Crippen LogP contribution in [0.1, 0.15) is 33.4 Å². The average molecular weight is 604 g/mol. The van der Waals surface area contributed by atoms with Gasteiger partial charge in [-0.1, -0.05) is 60.7 Å². The Morgan fingerprint density at radius 1 is 0.310 bits per heavy atom. The largest absolute Gasteiger partial charge is 0.416 e. The summed E-state index contributed by atoms with van der Waals surface area (Å²) in [7, 11) is 0. The number of hydrogen-bond acceptors (Lipinski definition) is 0. The summed E-state index contributed by atoms with van der Waals surface area (Å²) in [6.45, 7) is 0. The first-order valence-electron chi connectivity index (χ1n) is 11.8. The highest BCUT2D eigenvalue weighted by Gasteiger charge is 2.38. The van der Waals surface area contributed by atoms with Gasteiger partial charge in [0.1, 0.15) is 0 Å². The van der Waals surface area contributed by atoms with Gasteiger partial charge in [-0.3, -0.25) is 0 Å². The summed E-state index contributed by atoms with van der Waals surface area (Å²) in [6.07, 6.45) is -16.9. The van der Waals surface area contributed by atoms with Gasteiger partial charge >= 0.3 is 24.7 Å². The smallest absolute Gasteiger partial charge is 0.166 e. The van der Waals surface area contributed by atoms with Gasteiger partial charge < -0.3 is 0 Å². The number of rotatable bonds is 4. The monoisotopic (exact) mass is 604 g/mol. The molecule has 0 bridgehead atoms. The van der Waals surface area contributed by atoms with Gasteiger partial charge in [-0.05, 0) is 69.8 Å². The summed E-state index contributed by atoms with van der Waals surface area (Å²) in [5.74, 6) is 0. The molecule has 0 saturated heterocycles. The van der Waals surface area contributed by atoms with Crippen molar-refractivity contribution in [2.24, 2.45) is 0 Å². The van der Waals surface area contributed by atoms with E-state index in [9.17, 15) is 52.7 Å². The average Bonchev–Trinajstić information content (AvgIpc) is 2.90. The van der Waals surface area contributed by atoms with Crippen LogP contribution in [-0.4, -0.2) is 0 Å². The summed E-state index contributed by atoms with van der Waals surface area (Å²) in [4.78, 5) is 0. The van der Waals surface area contributed by atoms with Crippen LogP contribution in [0.5, 0.6) is 0 Å². The van der Waals surface area contributed by atoms with E-state index in [1.165, 1.54) is 48.5 Å². The summed E-state index contributed by atoms with van der Waals surface area (Å²) in [5.41, 5.74) is -5.12. The minimum Gasteiger partial charge on any atom is -0.166 e. The van der Waals surface area contributed by atoms with Crippen molar-refractivity contribution >= 4 is 12.2 Å². The second-order valence-electron chi connectivity index (χ2n) is 9.17. The third-order valence-corrected chi connectivity index (χ3v) is 6.13. The lowest BCUT2D eigenvalue weighted by Crippen LogP contribution is -2.11. The molecule has 42 heavy (non-hydrogen) atoms. The molecule has 0 heterocycles. The van der Waals surface area contributed by atoms with Gasteiger partial charge in [0.05, 0.1) is 22.3 Å². The van der Waals surface area contributed by atoms with Crippen LogP contribution in [0, 0.1) is 0 Å². The van der Waals surface area contributed by atoms with E-state index in [1.807, 2.05) is 0 Å². The quantitative estimate of drug-likeness (QED) is 0.161. The summed E-state index contributed by atoms with van der Waals surface area (Å²) in [5, 5.41) is 0. The van der Waals surface area contributed by atoms with E-state index in [1.54, 1.807) is 12.2 Å². The standard InChI is InChI=1S/C30H16F12/c31-27(32,33)23-11-21(12-24(15-23)28(34,35)36)19-7-3-17(4-8-19)1-2-18-5-9-20(10-6-18)22-13-25(29(37,38)39)16-26(14-22)30(40,41)42/h1-16H/b2-1+. The Labute approximate surface area is 230 Å². The zero-order chi connectivity index (χ0) is 31.1. The maximum atomic E-state index is 13.2. The van der Waals surface area contributed by atoms with E-state index in [4.69, 9.17) is 0 Å². The third kappa shape index (κ3) is 7.34. The topological polar surface area (TPSA) is 0 Å². The van der Waals surface area contributed by atoms with Gasteiger partial charge in [0.2, 0.25) is 0 Å². The normalized spacial score (nSPS) is 13.1. The molecular formula is C30H16F12. The van der Waals surface area contributed by atoms with E-state index < -0.39 is 47.0 Å². The highest BCUT2D eigenvalue weighted by molar-refractivity contribution is 5.74. The molecule has 0 atom stereocenters. The Balaban J connectivity index is 1.57. The molecule has 0 amide bonds. The van der Waals surface area contributed by atoms with Crippen LogP contribution in [0.3, 0.4) is 0 Å². The molecule has 220 valence electrons. The Hall–Kier alpha value is -4.22. The molecule has 0 aliphatic rings. The molecule has 0 fully saturated rings. The van der Waals surface area contributed by atoms with Gasteiger partial charge in [-0.15, -0.1) is 0 Å². The van der Waals surface area contributed by atoms with E-state index in [2.05, 4.69) is 0 Å². The molecule has 4 aromatic carbocycles. The summed E-state index contributed by atoms with van der Waals surface area (Å²) < 4.78 is 158. The van der Waals surface area contributed by atoms with Crippen LogP contribution in [-0.2, 0) is 24.7 Å². The van der Waals surface area contributed by atoms with Crippen molar-refractivity contribution in [2.45, 2.75) is 24.7 Å². The Morgan fingerprint density at radius 3 is 0.762 bits per heavy atom. The molecule has 4 aromatic rings. The number of benzene rings is 4. The zero-order valence-electron chi connectivity index (χ0n) is 20.8. The number of hydrogen-bond donors (Lipinski definition) is 0. The fourth-order valence-corrected chi connectivity index (χ4v) is 4.01. The van der Waals surface area contributed by atoms with Crippen molar-refractivity contribution in [3.8, 4) is 22.3 Å². The van der Waals surface area contributed by atoms with E-state index in [0.717, 1.165) is 0 Å². The van der Waals surface area contributed by atoms with Crippen LogP contribution >= 0.6 is 0 Å². The molecule has 12 heteroatoms. The van der Waals surface area contributed by atoms with Crippen LogP contribution in [0.15, 0.2) is 84.9 Å². The minimum atomic E-state index is -4.99. The van der Waals surface area contributed by atoms with Gasteiger partial charge in [-0.2, -0.15) is 52.7 Å². The maximum Gasteiger partial charge on any atom is 0.416 e. The highest BCUT2D eigenvalue weighted by Crippen LogP contribution is 2.40. The first-order chi connectivity index (χ1) is 19.3. The molecule has 4 rings (SSSR count). The molecule has 0 aliphatic heterocycles. The van der Waals surface area contributed by atoms with Crippen LogP contribution in [0.4, 0.5) is 52.7 Å². The Bertz CT molecular complexity index is 1400. The number of halogens is 12. The van der Waals surface area contributed by atoms with Gasteiger partial charge in [0.15, 0.2) is 0 Å². The molecule has 0 unspecified atom stereocenters. The first kappa shape index (κ1) is 30.7. The SMILES string of the molecule is FC(F)(F)c1cc(-c2ccc(/C=C/c3ccc(-c4cc(C(F)(F)F)cc(C(F)(F)F)c4)cc3)cc2)cc(C(F)(F)F)c1.